The van der Waals surface area contributed by atoms with Crippen LogP contribution in [0.4, 0.5) is 0 Å². The van der Waals surface area contributed by atoms with Gasteiger partial charge < -0.3 is 4.74 Å². The maximum absolute atomic E-state index is 12.5. The molecule has 1 aromatic heterocycles. The Hall–Kier alpha value is -1.71. The summed E-state index contributed by atoms with van der Waals surface area (Å²) in [6, 6.07) is 9.72. The molecule has 4 heteroatoms. The summed E-state index contributed by atoms with van der Waals surface area (Å²) in [5.41, 5.74) is 2.96. The summed E-state index contributed by atoms with van der Waals surface area (Å²) in [6.07, 6.45) is 3.84. The van der Waals surface area contributed by atoms with Crippen molar-refractivity contribution in [3.63, 3.8) is 0 Å². The molecule has 1 aliphatic rings. The Balaban J connectivity index is 1.84. The summed E-state index contributed by atoms with van der Waals surface area (Å²) in [5, 5.41) is 0.518. The highest BCUT2D eigenvalue weighted by Gasteiger charge is 2.27. The molecule has 0 spiro atoms. The van der Waals surface area contributed by atoms with Crippen LogP contribution < -0.4 is 0 Å². The third-order valence-corrected chi connectivity index (χ3v) is 3.85. The lowest BCUT2D eigenvalue weighted by Crippen LogP contribution is -2.24. The minimum absolute atomic E-state index is 0.0326. The molecule has 1 aliphatic heterocycles. The lowest BCUT2D eigenvalue weighted by molar-refractivity contribution is -0.131. The number of rotatable bonds is 3. The molecule has 0 radical (unpaired) electrons. The molecule has 20 heavy (non-hydrogen) atoms. The Bertz CT molecular complexity index is 642. The Kier molecular flexibility index (Phi) is 3.81. The summed E-state index contributed by atoms with van der Waals surface area (Å²) in [6.45, 7) is 0.581. The quantitative estimate of drug-likeness (QED) is 0.870. The van der Waals surface area contributed by atoms with E-state index in [2.05, 4.69) is 11.1 Å². The van der Waals surface area contributed by atoms with Gasteiger partial charge in [0.25, 0.3) is 0 Å². The van der Waals surface area contributed by atoms with Gasteiger partial charge in [0.2, 0.25) is 0 Å². The van der Waals surface area contributed by atoms with E-state index in [0.29, 0.717) is 11.6 Å². The van der Waals surface area contributed by atoms with Crippen LogP contribution in [-0.2, 0) is 22.4 Å². The maximum Gasteiger partial charge on any atom is 0.170 e. The van der Waals surface area contributed by atoms with Gasteiger partial charge in [-0.05, 0) is 29.2 Å². The average Bonchev–Trinajstić information content (AvgIpc) is 2.49. The molecule has 0 amide bonds. The second-order valence-corrected chi connectivity index (χ2v) is 5.22. The monoisotopic (exact) mass is 287 g/mol. The number of ether oxygens (including phenoxy) is 1. The summed E-state index contributed by atoms with van der Waals surface area (Å²) in [7, 11) is 0. The van der Waals surface area contributed by atoms with E-state index in [-0.39, 0.29) is 12.2 Å². The van der Waals surface area contributed by atoms with E-state index in [0.717, 1.165) is 17.5 Å². The highest BCUT2D eigenvalue weighted by atomic mass is 35.5. The van der Waals surface area contributed by atoms with E-state index in [1.807, 2.05) is 18.2 Å². The summed E-state index contributed by atoms with van der Waals surface area (Å²) in [5.74, 6) is 0.0326. The fourth-order valence-corrected chi connectivity index (χ4v) is 2.67. The van der Waals surface area contributed by atoms with Crippen molar-refractivity contribution in [3.05, 3.63) is 64.4 Å². The number of ketones is 1. The Morgan fingerprint density at radius 3 is 3.05 bits per heavy atom. The first-order valence-corrected chi connectivity index (χ1v) is 6.94. The Labute approximate surface area is 122 Å². The first-order chi connectivity index (χ1) is 9.75. The van der Waals surface area contributed by atoms with Gasteiger partial charge >= 0.3 is 0 Å². The van der Waals surface area contributed by atoms with E-state index < -0.39 is 6.10 Å². The zero-order valence-electron chi connectivity index (χ0n) is 10.9. The van der Waals surface area contributed by atoms with Gasteiger partial charge in [-0.25, -0.2) is 0 Å². The molecule has 1 aromatic carbocycles. The maximum atomic E-state index is 12.5. The normalized spacial score (nSPS) is 17.6. The van der Waals surface area contributed by atoms with Crippen molar-refractivity contribution in [2.45, 2.75) is 18.9 Å². The van der Waals surface area contributed by atoms with Gasteiger partial charge in [-0.15, -0.1) is 0 Å². The molecule has 0 bridgehead atoms. The van der Waals surface area contributed by atoms with Crippen molar-refractivity contribution in [3.8, 4) is 0 Å². The Morgan fingerprint density at radius 1 is 1.35 bits per heavy atom. The Morgan fingerprint density at radius 2 is 2.20 bits per heavy atom. The fourth-order valence-electron chi connectivity index (χ4n) is 2.49. The molecular weight excluding hydrogens is 274 g/mol. The summed E-state index contributed by atoms with van der Waals surface area (Å²) < 4.78 is 5.67. The van der Waals surface area contributed by atoms with E-state index in [4.69, 9.17) is 16.3 Å². The van der Waals surface area contributed by atoms with Crippen molar-refractivity contribution in [2.75, 3.05) is 6.61 Å². The minimum Gasteiger partial charge on any atom is -0.365 e. The van der Waals surface area contributed by atoms with Crippen LogP contribution in [0.15, 0.2) is 42.7 Å². The average molecular weight is 288 g/mol. The number of benzene rings is 1. The molecule has 3 rings (SSSR count). The smallest absolute Gasteiger partial charge is 0.170 e. The van der Waals surface area contributed by atoms with E-state index in [9.17, 15) is 4.79 Å². The third kappa shape index (κ3) is 2.60. The molecular formula is C16H14ClNO2. The molecule has 0 fully saturated rings. The number of nitrogens with zero attached hydrogens (tertiary/aromatic N) is 1. The number of pyridine rings is 1. The predicted molar refractivity (Wildman–Crippen MR) is 76.8 cm³/mol. The highest BCUT2D eigenvalue weighted by molar-refractivity contribution is 6.31. The number of aromatic nitrogens is 1. The van der Waals surface area contributed by atoms with Crippen LogP contribution in [0.1, 0.15) is 22.8 Å². The molecule has 1 atom stereocenters. The second-order valence-electron chi connectivity index (χ2n) is 4.81. The van der Waals surface area contributed by atoms with Gasteiger partial charge in [0, 0.05) is 18.8 Å². The van der Waals surface area contributed by atoms with Crippen LogP contribution in [0.2, 0.25) is 5.02 Å². The zero-order chi connectivity index (χ0) is 13.9. The summed E-state index contributed by atoms with van der Waals surface area (Å²) >= 11 is 6.05. The van der Waals surface area contributed by atoms with Crippen molar-refractivity contribution < 1.29 is 9.53 Å². The molecule has 3 nitrogen and oxygen atoms in total. The lowest BCUT2D eigenvalue weighted by Gasteiger charge is -2.25. The number of halogens is 1. The highest BCUT2D eigenvalue weighted by Crippen LogP contribution is 2.29. The van der Waals surface area contributed by atoms with E-state index in [1.54, 1.807) is 18.5 Å². The number of fused-ring (bicyclic) bond motifs is 1. The molecule has 2 aromatic rings. The number of hydrogen-bond acceptors (Lipinski definition) is 3. The zero-order valence-corrected chi connectivity index (χ0v) is 11.6. The fraction of sp³-hybridized carbons (Fsp3) is 0.250. The van der Waals surface area contributed by atoms with E-state index in [1.165, 1.54) is 5.56 Å². The first kappa shape index (κ1) is 13.3. The number of hydrogen-bond donors (Lipinski definition) is 0. The van der Waals surface area contributed by atoms with Crippen molar-refractivity contribution in [1.29, 1.82) is 0 Å². The van der Waals surface area contributed by atoms with Gasteiger partial charge in [-0.1, -0.05) is 35.9 Å². The van der Waals surface area contributed by atoms with Gasteiger partial charge in [-0.2, -0.15) is 0 Å². The molecule has 1 unspecified atom stereocenters. The predicted octanol–water partition coefficient (Wildman–Crippen LogP) is 3.16. The van der Waals surface area contributed by atoms with Crippen molar-refractivity contribution in [2.24, 2.45) is 0 Å². The molecule has 102 valence electrons. The van der Waals surface area contributed by atoms with Crippen LogP contribution >= 0.6 is 11.6 Å². The topological polar surface area (TPSA) is 39.2 Å². The van der Waals surface area contributed by atoms with Crippen LogP contribution in [0.3, 0.4) is 0 Å². The van der Waals surface area contributed by atoms with Gasteiger partial charge in [-0.3, -0.25) is 9.78 Å². The van der Waals surface area contributed by atoms with Crippen LogP contribution in [-0.4, -0.2) is 17.4 Å². The van der Waals surface area contributed by atoms with Gasteiger partial charge in [0.15, 0.2) is 5.78 Å². The summed E-state index contributed by atoms with van der Waals surface area (Å²) in [4.78, 5) is 16.4. The second kappa shape index (κ2) is 5.73. The molecule has 0 aliphatic carbocycles. The minimum atomic E-state index is -0.482. The van der Waals surface area contributed by atoms with Gasteiger partial charge in [0.05, 0.1) is 11.6 Å². The molecule has 0 saturated heterocycles. The lowest BCUT2D eigenvalue weighted by atomic mass is 9.93. The number of carbonyl (C=O) groups excluding carboxylic acids is 1. The standard InChI is InChI=1S/C16H14ClNO2/c17-14-10-18-7-5-12(14)9-15(19)16-13-4-2-1-3-11(13)6-8-20-16/h1-5,7,10,16H,6,8-9H2. The van der Waals surface area contributed by atoms with Crippen LogP contribution in [0.5, 0.6) is 0 Å². The van der Waals surface area contributed by atoms with Crippen LogP contribution in [0, 0.1) is 0 Å². The first-order valence-electron chi connectivity index (χ1n) is 6.56. The number of Topliss-reactive ketones (excluding diaryl/α,β-unsaturated/α-hetero) is 1. The van der Waals surface area contributed by atoms with Crippen LogP contribution in [0.25, 0.3) is 0 Å². The largest absolute Gasteiger partial charge is 0.365 e. The number of carbonyl (C=O) groups is 1. The van der Waals surface area contributed by atoms with Gasteiger partial charge in [0.1, 0.15) is 6.10 Å². The SMILES string of the molecule is O=C(Cc1ccncc1Cl)C1OCCc2ccccc21. The third-order valence-electron chi connectivity index (χ3n) is 3.51. The molecule has 0 saturated carbocycles. The van der Waals surface area contributed by atoms with Crippen molar-refractivity contribution >= 4 is 17.4 Å². The molecule has 0 N–H and O–H groups in total. The van der Waals surface area contributed by atoms with Crippen molar-refractivity contribution in [1.82, 2.24) is 4.98 Å². The van der Waals surface area contributed by atoms with E-state index >= 15 is 0 Å². The molecule has 2 heterocycles.